The second kappa shape index (κ2) is 8.46. The van der Waals surface area contributed by atoms with E-state index in [0.29, 0.717) is 0 Å². The molecule has 6 rings (SSSR count). The van der Waals surface area contributed by atoms with Crippen LogP contribution in [0.4, 0.5) is 0 Å². The second-order valence-corrected chi connectivity index (χ2v) is 10.2. The van der Waals surface area contributed by atoms with Crippen LogP contribution in [-0.2, 0) is 5.41 Å². The molecule has 0 aliphatic heterocycles. The number of aryl methyl sites for hydroxylation is 2. The van der Waals surface area contributed by atoms with E-state index in [1.54, 1.807) is 0 Å². The van der Waals surface area contributed by atoms with Crippen LogP contribution in [0.25, 0.3) is 38.8 Å². The highest BCUT2D eigenvalue weighted by Crippen LogP contribution is 2.36. The maximum Gasteiger partial charge on any atom is 0.137 e. The van der Waals surface area contributed by atoms with Gasteiger partial charge in [-0.05, 0) is 72.0 Å². The zero-order valence-electron chi connectivity index (χ0n) is 21.2. The molecular weight excluding hydrogens is 438 g/mol. The van der Waals surface area contributed by atoms with Crippen molar-refractivity contribution in [3.8, 4) is 16.9 Å². The highest BCUT2D eigenvalue weighted by molar-refractivity contribution is 6.10. The number of rotatable bonds is 4. The van der Waals surface area contributed by atoms with E-state index in [1.165, 1.54) is 38.5 Å². The van der Waals surface area contributed by atoms with Crippen LogP contribution in [0.2, 0.25) is 0 Å². The van der Waals surface area contributed by atoms with Crippen molar-refractivity contribution >= 4 is 21.8 Å². The van der Waals surface area contributed by atoms with Gasteiger partial charge in [-0.15, -0.1) is 0 Å². The van der Waals surface area contributed by atoms with Gasteiger partial charge in [-0.25, -0.2) is 4.98 Å². The lowest BCUT2D eigenvalue weighted by molar-refractivity contribution is 0.616. The molecule has 176 valence electrons. The molecule has 0 unspecified atom stereocenters. The molecule has 3 heteroatoms. The lowest BCUT2D eigenvalue weighted by Crippen LogP contribution is -2.20. The summed E-state index contributed by atoms with van der Waals surface area (Å²) < 4.78 is 2.28. The Morgan fingerprint density at radius 3 is 2.25 bits per heavy atom. The lowest BCUT2D eigenvalue weighted by Gasteiger charge is -2.25. The Morgan fingerprint density at radius 2 is 1.44 bits per heavy atom. The van der Waals surface area contributed by atoms with Crippen LogP contribution in [0.5, 0.6) is 0 Å². The number of nitrogens with zero attached hydrogens (tertiary/aromatic N) is 3. The van der Waals surface area contributed by atoms with Gasteiger partial charge >= 0.3 is 0 Å². The van der Waals surface area contributed by atoms with Crippen molar-refractivity contribution in [2.45, 2.75) is 33.1 Å². The molecule has 0 aliphatic carbocycles. The zero-order chi connectivity index (χ0) is 24.9. The summed E-state index contributed by atoms with van der Waals surface area (Å²) in [4.78, 5) is 9.46. The Labute approximate surface area is 212 Å². The Morgan fingerprint density at radius 1 is 0.639 bits per heavy atom. The molecule has 3 aromatic carbocycles. The van der Waals surface area contributed by atoms with E-state index in [-0.39, 0.29) is 5.41 Å². The van der Waals surface area contributed by atoms with Gasteiger partial charge in [-0.3, -0.25) is 9.55 Å². The molecular formula is C33H29N3. The third-order valence-corrected chi connectivity index (χ3v) is 7.27. The van der Waals surface area contributed by atoms with Crippen molar-refractivity contribution in [2.75, 3.05) is 0 Å². The van der Waals surface area contributed by atoms with Gasteiger partial charge in [0.2, 0.25) is 0 Å². The van der Waals surface area contributed by atoms with Gasteiger partial charge in [-0.2, -0.15) is 0 Å². The summed E-state index contributed by atoms with van der Waals surface area (Å²) in [5.74, 6) is 0.935. The number of benzene rings is 3. The predicted molar refractivity (Wildman–Crippen MR) is 150 cm³/mol. The molecule has 0 fully saturated rings. The van der Waals surface area contributed by atoms with Crippen LogP contribution in [0.1, 0.15) is 36.2 Å². The third kappa shape index (κ3) is 3.68. The highest BCUT2D eigenvalue weighted by atomic mass is 15.1. The van der Waals surface area contributed by atoms with Crippen LogP contribution in [-0.4, -0.2) is 14.5 Å². The van der Waals surface area contributed by atoms with E-state index >= 15 is 0 Å². The van der Waals surface area contributed by atoms with E-state index in [4.69, 9.17) is 9.97 Å². The molecule has 0 aliphatic rings. The minimum absolute atomic E-state index is 0.202. The summed E-state index contributed by atoms with van der Waals surface area (Å²) in [7, 11) is 0. The van der Waals surface area contributed by atoms with Crippen molar-refractivity contribution in [1.29, 1.82) is 0 Å². The van der Waals surface area contributed by atoms with E-state index in [2.05, 4.69) is 117 Å². The van der Waals surface area contributed by atoms with E-state index in [9.17, 15) is 0 Å². The average Bonchev–Trinajstić information content (AvgIpc) is 3.23. The van der Waals surface area contributed by atoms with E-state index < -0.39 is 0 Å². The molecule has 0 bridgehead atoms. The van der Waals surface area contributed by atoms with E-state index in [1.807, 2.05) is 18.5 Å². The van der Waals surface area contributed by atoms with Crippen LogP contribution in [0.15, 0.2) is 103 Å². The predicted octanol–water partition coefficient (Wildman–Crippen LogP) is 8.18. The molecule has 0 saturated heterocycles. The zero-order valence-corrected chi connectivity index (χ0v) is 21.2. The van der Waals surface area contributed by atoms with Gasteiger partial charge in [0.1, 0.15) is 5.82 Å². The summed E-state index contributed by atoms with van der Waals surface area (Å²) in [6.45, 7) is 8.69. The molecule has 3 aromatic heterocycles. The monoisotopic (exact) mass is 467 g/mol. The van der Waals surface area contributed by atoms with Crippen LogP contribution < -0.4 is 0 Å². The third-order valence-electron chi connectivity index (χ3n) is 7.27. The standard InChI is InChI=1S/C33H29N3/c1-22-16-17-34-31(18-22)33(3,4)26-9-7-8-24(19-26)25-13-14-28-27-10-5-6-11-29(27)36(30(28)20-25)32-15-12-23(2)21-35-32/h5-21H,1-4H3. The summed E-state index contributed by atoms with van der Waals surface area (Å²) >= 11 is 0. The first-order valence-electron chi connectivity index (χ1n) is 12.4. The maximum atomic E-state index is 4.77. The Kier molecular flexibility index (Phi) is 5.22. The molecule has 3 heterocycles. The first kappa shape index (κ1) is 22.2. The van der Waals surface area contributed by atoms with Gasteiger partial charge in [-0.1, -0.05) is 74.5 Å². The quantitative estimate of drug-likeness (QED) is 0.262. The molecule has 0 atom stereocenters. The van der Waals surface area contributed by atoms with Gasteiger partial charge in [0.25, 0.3) is 0 Å². The first-order chi connectivity index (χ1) is 17.4. The van der Waals surface area contributed by atoms with Crippen molar-refractivity contribution in [2.24, 2.45) is 0 Å². The second-order valence-electron chi connectivity index (χ2n) is 10.2. The van der Waals surface area contributed by atoms with Crippen molar-refractivity contribution in [3.63, 3.8) is 0 Å². The average molecular weight is 468 g/mol. The van der Waals surface area contributed by atoms with Crippen LogP contribution >= 0.6 is 0 Å². The fraction of sp³-hybridized carbons (Fsp3) is 0.152. The number of para-hydroxylation sites is 1. The minimum atomic E-state index is -0.202. The Bertz CT molecular complexity index is 1720. The molecule has 6 aromatic rings. The number of hydrogen-bond acceptors (Lipinski definition) is 2. The number of hydrogen-bond donors (Lipinski definition) is 0. The molecule has 0 saturated carbocycles. The maximum absolute atomic E-state index is 4.77. The Balaban J connectivity index is 1.52. The topological polar surface area (TPSA) is 30.7 Å². The van der Waals surface area contributed by atoms with Crippen LogP contribution in [0, 0.1) is 13.8 Å². The van der Waals surface area contributed by atoms with Crippen molar-refractivity contribution in [1.82, 2.24) is 14.5 Å². The summed E-state index contributed by atoms with van der Waals surface area (Å²) in [5.41, 5.74) is 9.23. The fourth-order valence-electron chi connectivity index (χ4n) is 5.10. The highest BCUT2D eigenvalue weighted by Gasteiger charge is 2.25. The SMILES string of the molecule is Cc1ccc(-n2c3ccccc3c3ccc(-c4cccc(C(C)(C)c5cc(C)ccn5)c4)cc32)nc1. The molecule has 36 heavy (non-hydrogen) atoms. The summed E-state index contributed by atoms with van der Waals surface area (Å²) in [6.07, 6.45) is 3.84. The van der Waals surface area contributed by atoms with Gasteiger partial charge < -0.3 is 0 Å². The lowest BCUT2D eigenvalue weighted by atomic mass is 9.80. The van der Waals surface area contributed by atoms with Gasteiger partial charge in [0.15, 0.2) is 0 Å². The number of pyridine rings is 2. The number of fused-ring (bicyclic) bond motifs is 3. The fourth-order valence-corrected chi connectivity index (χ4v) is 5.10. The minimum Gasteiger partial charge on any atom is -0.294 e. The Hall–Kier alpha value is -4.24. The van der Waals surface area contributed by atoms with Gasteiger partial charge in [0.05, 0.1) is 16.7 Å². The smallest absolute Gasteiger partial charge is 0.137 e. The molecule has 0 N–H and O–H groups in total. The van der Waals surface area contributed by atoms with Gasteiger partial charge in [0, 0.05) is 28.6 Å². The molecule has 0 amide bonds. The first-order valence-corrected chi connectivity index (χ1v) is 12.4. The largest absolute Gasteiger partial charge is 0.294 e. The van der Waals surface area contributed by atoms with Crippen molar-refractivity contribution < 1.29 is 0 Å². The summed E-state index contributed by atoms with van der Waals surface area (Å²) in [6, 6.07) is 32.7. The summed E-state index contributed by atoms with van der Waals surface area (Å²) in [5, 5.41) is 2.47. The molecule has 0 radical (unpaired) electrons. The molecule has 3 nitrogen and oxygen atoms in total. The van der Waals surface area contributed by atoms with Crippen LogP contribution in [0.3, 0.4) is 0 Å². The normalized spacial score (nSPS) is 11.9. The van der Waals surface area contributed by atoms with Crippen molar-refractivity contribution in [3.05, 3.63) is 126 Å². The van der Waals surface area contributed by atoms with E-state index in [0.717, 1.165) is 22.6 Å². The number of aromatic nitrogens is 3. The molecule has 0 spiro atoms.